The summed E-state index contributed by atoms with van der Waals surface area (Å²) in [5, 5.41) is 0. The molecule has 1 amide bonds. The van der Waals surface area contributed by atoms with Gasteiger partial charge in [-0.3, -0.25) is 14.7 Å². The lowest BCUT2D eigenvalue weighted by atomic mass is 9.88. The Kier molecular flexibility index (Phi) is 7.73. The van der Waals surface area contributed by atoms with Crippen LogP contribution in [0.4, 0.5) is 4.39 Å². The average Bonchev–Trinajstić information content (AvgIpc) is 3.23. The predicted molar refractivity (Wildman–Crippen MR) is 134 cm³/mol. The summed E-state index contributed by atoms with van der Waals surface area (Å²) in [7, 11) is 0. The first-order valence-electron chi connectivity index (χ1n) is 12.1. The minimum atomic E-state index is -0.161. The summed E-state index contributed by atoms with van der Waals surface area (Å²) in [6, 6.07) is 19.6. The molecule has 1 aliphatic heterocycles. The highest BCUT2D eigenvalue weighted by Gasteiger charge is 2.36. The normalized spacial score (nSPS) is 18.4. The fourth-order valence-corrected chi connectivity index (χ4v) is 4.93. The van der Waals surface area contributed by atoms with Crippen molar-refractivity contribution in [3.05, 3.63) is 101 Å². The Hall–Kier alpha value is -3.05. The molecule has 0 bridgehead atoms. The van der Waals surface area contributed by atoms with E-state index in [4.69, 9.17) is 0 Å². The third-order valence-electron chi connectivity index (χ3n) is 6.73. The Balaban J connectivity index is 1.58. The molecule has 2 aromatic carbocycles. The molecule has 0 aliphatic carbocycles. The molecule has 4 rings (SSSR count). The first-order chi connectivity index (χ1) is 16.4. The first kappa shape index (κ1) is 24.1. The molecule has 1 fully saturated rings. The van der Waals surface area contributed by atoms with Crippen molar-refractivity contribution in [2.75, 3.05) is 19.6 Å². The van der Waals surface area contributed by atoms with Gasteiger partial charge in [0.2, 0.25) is 5.91 Å². The van der Waals surface area contributed by atoms with Crippen LogP contribution in [0.2, 0.25) is 0 Å². The van der Waals surface area contributed by atoms with E-state index in [-0.39, 0.29) is 29.5 Å². The van der Waals surface area contributed by atoms with Gasteiger partial charge in [-0.1, -0.05) is 67.9 Å². The van der Waals surface area contributed by atoms with Crippen LogP contribution >= 0.6 is 0 Å². The molecule has 1 aromatic heterocycles. The summed E-state index contributed by atoms with van der Waals surface area (Å²) in [4.78, 5) is 21.7. The van der Waals surface area contributed by atoms with Gasteiger partial charge in [-0.15, -0.1) is 0 Å². The topological polar surface area (TPSA) is 36.4 Å². The highest BCUT2D eigenvalue weighted by molar-refractivity contribution is 5.78. The SMILES string of the molecule is Cc1ccc(C2CN(Cc3ccccc3F)CC2CN(Cc2cccnc2)C(=O)C(C)C)cc1. The van der Waals surface area contributed by atoms with E-state index >= 15 is 0 Å². The van der Waals surface area contributed by atoms with Crippen molar-refractivity contribution in [2.45, 2.75) is 39.8 Å². The molecule has 3 aromatic rings. The van der Waals surface area contributed by atoms with Crippen LogP contribution in [-0.4, -0.2) is 40.3 Å². The van der Waals surface area contributed by atoms with Gasteiger partial charge >= 0.3 is 0 Å². The molecular formula is C29H34FN3O. The summed E-state index contributed by atoms with van der Waals surface area (Å²) < 4.78 is 14.4. The van der Waals surface area contributed by atoms with Crippen LogP contribution in [0.15, 0.2) is 73.1 Å². The second-order valence-electron chi connectivity index (χ2n) is 9.80. The van der Waals surface area contributed by atoms with Gasteiger partial charge in [0.25, 0.3) is 0 Å². The van der Waals surface area contributed by atoms with E-state index in [1.807, 2.05) is 49.2 Å². The molecule has 0 radical (unpaired) electrons. The largest absolute Gasteiger partial charge is 0.338 e. The number of carbonyl (C=O) groups is 1. The number of aromatic nitrogens is 1. The van der Waals surface area contributed by atoms with Crippen LogP contribution in [0.3, 0.4) is 0 Å². The number of hydrogen-bond donors (Lipinski definition) is 0. The molecule has 1 saturated heterocycles. The zero-order valence-corrected chi connectivity index (χ0v) is 20.3. The Morgan fingerprint density at radius 3 is 2.53 bits per heavy atom. The average molecular weight is 460 g/mol. The van der Waals surface area contributed by atoms with E-state index in [2.05, 4.69) is 41.1 Å². The van der Waals surface area contributed by atoms with Gasteiger partial charge in [0, 0.05) is 62.5 Å². The van der Waals surface area contributed by atoms with E-state index in [0.717, 1.165) is 24.2 Å². The third-order valence-corrected chi connectivity index (χ3v) is 6.73. The van der Waals surface area contributed by atoms with Gasteiger partial charge in [0.15, 0.2) is 0 Å². The summed E-state index contributed by atoms with van der Waals surface area (Å²) >= 11 is 0. The molecule has 0 saturated carbocycles. The lowest BCUT2D eigenvalue weighted by Crippen LogP contribution is -2.39. The van der Waals surface area contributed by atoms with Crippen LogP contribution in [0.1, 0.15) is 42.0 Å². The monoisotopic (exact) mass is 459 g/mol. The Labute approximate surface area is 202 Å². The molecule has 0 N–H and O–H groups in total. The lowest BCUT2D eigenvalue weighted by Gasteiger charge is -2.30. The Bertz CT molecular complexity index is 1080. The number of benzene rings is 2. The molecule has 0 spiro atoms. The van der Waals surface area contributed by atoms with Crippen molar-refractivity contribution in [3.63, 3.8) is 0 Å². The van der Waals surface area contributed by atoms with Crippen LogP contribution in [-0.2, 0) is 17.9 Å². The van der Waals surface area contributed by atoms with Gasteiger partial charge in [-0.2, -0.15) is 0 Å². The Morgan fingerprint density at radius 1 is 1.09 bits per heavy atom. The maximum absolute atomic E-state index is 14.4. The van der Waals surface area contributed by atoms with Gasteiger partial charge in [0.1, 0.15) is 5.82 Å². The number of amides is 1. The number of pyridine rings is 1. The third kappa shape index (κ3) is 5.89. The molecule has 2 unspecified atom stereocenters. The maximum Gasteiger partial charge on any atom is 0.225 e. The molecule has 34 heavy (non-hydrogen) atoms. The van der Waals surface area contributed by atoms with Crippen molar-refractivity contribution in [1.82, 2.24) is 14.8 Å². The summed E-state index contributed by atoms with van der Waals surface area (Å²) in [6.07, 6.45) is 3.58. The van der Waals surface area contributed by atoms with E-state index in [9.17, 15) is 9.18 Å². The number of halogens is 1. The second kappa shape index (κ2) is 10.9. The number of aryl methyl sites for hydroxylation is 1. The van der Waals surface area contributed by atoms with Crippen molar-refractivity contribution >= 4 is 5.91 Å². The number of carbonyl (C=O) groups excluding carboxylic acids is 1. The molecule has 1 aliphatic rings. The van der Waals surface area contributed by atoms with E-state index in [0.29, 0.717) is 19.6 Å². The highest BCUT2D eigenvalue weighted by atomic mass is 19.1. The number of likely N-dealkylation sites (tertiary alicyclic amines) is 1. The van der Waals surface area contributed by atoms with Crippen molar-refractivity contribution < 1.29 is 9.18 Å². The summed E-state index contributed by atoms with van der Waals surface area (Å²) in [6.45, 7) is 9.46. The Morgan fingerprint density at radius 2 is 1.85 bits per heavy atom. The fraction of sp³-hybridized carbons (Fsp3) is 0.379. The standard InChI is InChI=1S/C29H34FN3O/c1-21(2)29(34)33(16-23-7-6-14-31-15-23)19-26-18-32(17-25-8-4-5-9-28(25)30)20-27(26)24-12-10-22(3)11-13-24/h4-15,21,26-27H,16-20H2,1-3H3. The number of rotatable bonds is 8. The highest BCUT2D eigenvalue weighted by Crippen LogP contribution is 2.35. The van der Waals surface area contributed by atoms with Crippen LogP contribution < -0.4 is 0 Å². The predicted octanol–water partition coefficient (Wildman–Crippen LogP) is 5.43. The smallest absolute Gasteiger partial charge is 0.225 e. The van der Waals surface area contributed by atoms with Crippen LogP contribution in [0.5, 0.6) is 0 Å². The van der Waals surface area contributed by atoms with E-state index in [1.54, 1.807) is 12.3 Å². The van der Waals surface area contributed by atoms with Crippen LogP contribution in [0, 0.1) is 24.6 Å². The van der Waals surface area contributed by atoms with Gasteiger partial charge in [-0.25, -0.2) is 4.39 Å². The maximum atomic E-state index is 14.4. The second-order valence-corrected chi connectivity index (χ2v) is 9.80. The van der Waals surface area contributed by atoms with Crippen LogP contribution in [0.25, 0.3) is 0 Å². The zero-order chi connectivity index (χ0) is 24.1. The van der Waals surface area contributed by atoms with Gasteiger partial charge < -0.3 is 4.90 Å². The zero-order valence-electron chi connectivity index (χ0n) is 20.3. The summed E-state index contributed by atoms with van der Waals surface area (Å²) in [5.41, 5.74) is 4.26. The van der Waals surface area contributed by atoms with Gasteiger partial charge in [0.05, 0.1) is 0 Å². The van der Waals surface area contributed by atoms with E-state index in [1.165, 1.54) is 17.2 Å². The minimum absolute atomic E-state index is 0.0783. The minimum Gasteiger partial charge on any atom is -0.338 e. The van der Waals surface area contributed by atoms with Gasteiger partial charge in [-0.05, 0) is 36.1 Å². The molecular weight excluding hydrogens is 425 g/mol. The lowest BCUT2D eigenvalue weighted by molar-refractivity contribution is -0.135. The molecule has 178 valence electrons. The number of hydrogen-bond acceptors (Lipinski definition) is 3. The number of nitrogens with zero attached hydrogens (tertiary/aromatic N) is 3. The molecule has 2 atom stereocenters. The first-order valence-corrected chi connectivity index (χ1v) is 12.1. The molecule has 2 heterocycles. The van der Waals surface area contributed by atoms with Crippen molar-refractivity contribution in [1.29, 1.82) is 0 Å². The van der Waals surface area contributed by atoms with E-state index < -0.39 is 0 Å². The summed E-state index contributed by atoms with van der Waals surface area (Å²) in [5.74, 6) is 0.452. The van der Waals surface area contributed by atoms with Crippen molar-refractivity contribution in [3.8, 4) is 0 Å². The van der Waals surface area contributed by atoms with Crippen molar-refractivity contribution in [2.24, 2.45) is 11.8 Å². The fourth-order valence-electron chi connectivity index (χ4n) is 4.93. The molecule has 4 nitrogen and oxygen atoms in total. The quantitative estimate of drug-likeness (QED) is 0.451. The molecule has 5 heteroatoms.